The average Bonchev–Trinajstić information content (AvgIpc) is 3.27. The van der Waals surface area contributed by atoms with Gasteiger partial charge < -0.3 is 9.73 Å². The number of carbonyl (C=O) groups excluding carboxylic acids is 1. The minimum atomic E-state index is -0.263. The quantitative estimate of drug-likeness (QED) is 0.682. The molecule has 0 saturated heterocycles. The van der Waals surface area contributed by atoms with Gasteiger partial charge in [-0.1, -0.05) is 23.9 Å². The van der Waals surface area contributed by atoms with Gasteiger partial charge in [-0.2, -0.15) is 0 Å². The van der Waals surface area contributed by atoms with Crippen molar-refractivity contribution in [2.75, 3.05) is 0 Å². The first kappa shape index (κ1) is 17.4. The molecule has 0 saturated carbocycles. The predicted octanol–water partition coefficient (Wildman–Crippen LogP) is 3.88. The van der Waals surface area contributed by atoms with Gasteiger partial charge in [0.15, 0.2) is 5.16 Å². The molecule has 5 nitrogen and oxygen atoms in total. The van der Waals surface area contributed by atoms with E-state index in [1.165, 1.54) is 22.9 Å². The normalized spacial score (nSPS) is 12.1. The maximum absolute atomic E-state index is 12.3. The smallest absolute Gasteiger partial charge is 0.233 e. The molecule has 130 valence electrons. The van der Waals surface area contributed by atoms with Gasteiger partial charge in [0.1, 0.15) is 5.76 Å². The number of thioether (sulfide) groups is 1. The number of nitrogens with zero attached hydrogens (tertiary/aromatic N) is 2. The van der Waals surface area contributed by atoms with Crippen LogP contribution in [0.1, 0.15) is 23.8 Å². The third-order valence-electron chi connectivity index (χ3n) is 4.11. The number of aryl methyl sites for hydroxylation is 1. The summed E-state index contributed by atoms with van der Waals surface area (Å²) < 4.78 is 7.26. The number of imidazole rings is 1. The van der Waals surface area contributed by atoms with Crippen molar-refractivity contribution >= 4 is 17.7 Å². The SMILES string of the molecule is Cc1cccc(-n2ccnc2SC(C)C(=O)NCc2ccco2)c1C. The fourth-order valence-corrected chi connectivity index (χ4v) is 3.40. The van der Waals surface area contributed by atoms with E-state index >= 15 is 0 Å². The number of benzene rings is 1. The zero-order valence-corrected chi connectivity index (χ0v) is 15.3. The summed E-state index contributed by atoms with van der Waals surface area (Å²) in [4.78, 5) is 16.7. The zero-order valence-electron chi connectivity index (χ0n) is 14.5. The standard InChI is InChI=1S/C19H21N3O2S/c1-13-6-4-8-17(14(13)2)22-10-9-20-19(22)25-15(3)18(23)21-12-16-7-5-11-24-16/h4-11,15H,12H2,1-3H3,(H,21,23). The lowest BCUT2D eigenvalue weighted by atomic mass is 10.1. The number of carbonyl (C=O) groups is 1. The van der Waals surface area contributed by atoms with Crippen molar-refractivity contribution < 1.29 is 9.21 Å². The van der Waals surface area contributed by atoms with Gasteiger partial charge in [0, 0.05) is 12.4 Å². The largest absolute Gasteiger partial charge is 0.467 e. The molecule has 2 heterocycles. The molecule has 2 aromatic heterocycles. The summed E-state index contributed by atoms with van der Waals surface area (Å²) in [5, 5.41) is 3.42. The van der Waals surface area contributed by atoms with Crippen molar-refractivity contribution in [3.8, 4) is 5.69 Å². The van der Waals surface area contributed by atoms with Gasteiger partial charge in [0.2, 0.25) is 5.91 Å². The van der Waals surface area contributed by atoms with Crippen molar-refractivity contribution in [1.82, 2.24) is 14.9 Å². The molecule has 0 aliphatic heterocycles. The highest BCUT2D eigenvalue weighted by Crippen LogP contribution is 2.27. The Bertz CT molecular complexity index is 855. The number of aromatic nitrogens is 2. The van der Waals surface area contributed by atoms with Crippen LogP contribution in [0.25, 0.3) is 5.69 Å². The maximum atomic E-state index is 12.3. The predicted molar refractivity (Wildman–Crippen MR) is 98.9 cm³/mol. The van der Waals surface area contributed by atoms with Gasteiger partial charge in [-0.3, -0.25) is 9.36 Å². The second kappa shape index (κ2) is 7.61. The van der Waals surface area contributed by atoms with Crippen LogP contribution < -0.4 is 5.32 Å². The summed E-state index contributed by atoms with van der Waals surface area (Å²) in [6.07, 6.45) is 5.29. The number of furan rings is 1. The van der Waals surface area contributed by atoms with Crippen molar-refractivity contribution in [1.29, 1.82) is 0 Å². The second-order valence-corrected chi connectivity index (χ2v) is 7.16. The van der Waals surface area contributed by atoms with Gasteiger partial charge in [0.25, 0.3) is 0 Å². The minimum Gasteiger partial charge on any atom is -0.467 e. The van der Waals surface area contributed by atoms with Crippen molar-refractivity contribution in [2.45, 2.75) is 37.7 Å². The lowest BCUT2D eigenvalue weighted by molar-refractivity contribution is -0.120. The lowest BCUT2D eigenvalue weighted by Crippen LogP contribution is -2.30. The molecule has 1 atom stereocenters. The van der Waals surface area contributed by atoms with Crippen LogP contribution >= 0.6 is 11.8 Å². The van der Waals surface area contributed by atoms with Crippen LogP contribution in [0.5, 0.6) is 0 Å². The number of hydrogen-bond acceptors (Lipinski definition) is 4. The topological polar surface area (TPSA) is 60.1 Å². The van der Waals surface area contributed by atoms with Crippen LogP contribution in [0.4, 0.5) is 0 Å². The Morgan fingerprint density at radius 3 is 2.92 bits per heavy atom. The fourth-order valence-electron chi connectivity index (χ4n) is 2.50. The van der Waals surface area contributed by atoms with E-state index in [0.29, 0.717) is 6.54 Å². The van der Waals surface area contributed by atoms with Crippen molar-refractivity contribution in [3.05, 3.63) is 65.9 Å². The maximum Gasteiger partial charge on any atom is 0.233 e. The summed E-state index contributed by atoms with van der Waals surface area (Å²) in [5.74, 6) is 0.694. The van der Waals surface area contributed by atoms with E-state index in [9.17, 15) is 4.79 Å². The summed E-state index contributed by atoms with van der Waals surface area (Å²) >= 11 is 1.44. The van der Waals surface area contributed by atoms with E-state index in [0.717, 1.165) is 16.6 Å². The molecule has 1 unspecified atom stereocenters. The molecule has 0 spiro atoms. The van der Waals surface area contributed by atoms with Gasteiger partial charge in [0.05, 0.1) is 23.7 Å². The molecule has 1 N–H and O–H groups in total. The number of nitrogens with one attached hydrogen (secondary N) is 1. The van der Waals surface area contributed by atoms with E-state index in [-0.39, 0.29) is 11.2 Å². The molecule has 0 aliphatic carbocycles. The van der Waals surface area contributed by atoms with Crippen LogP contribution in [0.15, 0.2) is 58.6 Å². The van der Waals surface area contributed by atoms with E-state index in [1.54, 1.807) is 18.5 Å². The minimum absolute atomic E-state index is 0.0445. The summed E-state index contributed by atoms with van der Waals surface area (Å²) in [6, 6.07) is 9.83. The Hall–Kier alpha value is -2.47. The summed E-state index contributed by atoms with van der Waals surface area (Å²) in [5.41, 5.74) is 3.52. The first-order valence-corrected chi connectivity index (χ1v) is 9.01. The number of amides is 1. The monoisotopic (exact) mass is 355 g/mol. The van der Waals surface area contributed by atoms with Gasteiger partial charge in [-0.15, -0.1) is 0 Å². The van der Waals surface area contributed by atoms with Gasteiger partial charge in [-0.25, -0.2) is 4.98 Å². The molecule has 1 aromatic carbocycles. The Morgan fingerprint density at radius 1 is 1.32 bits per heavy atom. The van der Waals surface area contributed by atoms with Crippen LogP contribution in [0, 0.1) is 13.8 Å². The third-order valence-corrected chi connectivity index (χ3v) is 5.19. The molecule has 3 rings (SSSR count). The first-order valence-electron chi connectivity index (χ1n) is 8.13. The van der Waals surface area contributed by atoms with Crippen molar-refractivity contribution in [2.24, 2.45) is 0 Å². The highest BCUT2D eigenvalue weighted by atomic mass is 32.2. The van der Waals surface area contributed by atoms with Crippen LogP contribution in [-0.2, 0) is 11.3 Å². The Kier molecular flexibility index (Phi) is 5.28. The molecule has 0 aliphatic rings. The molecule has 0 bridgehead atoms. The van der Waals surface area contributed by atoms with Crippen LogP contribution in [0.3, 0.4) is 0 Å². The van der Waals surface area contributed by atoms with Crippen LogP contribution in [0.2, 0.25) is 0 Å². The van der Waals surface area contributed by atoms with Gasteiger partial charge in [-0.05, 0) is 50.1 Å². The zero-order chi connectivity index (χ0) is 17.8. The first-order chi connectivity index (χ1) is 12.1. The molecule has 25 heavy (non-hydrogen) atoms. The Balaban J connectivity index is 1.70. The summed E-state index contributed by atoms with van der Waals surface area (Å²) in [6.45, 7) is 6.46. The Labute approximate surface area is 151 Å². The molecule has 3 aromatic rings. The van der Waals surface area contributed by atoms with E-state index in [4.69, 9.17) is 4.42 Å². The number of rotatable bonds is 6. The summed E-state index contributed by atoms with van der Waals surface area (Å²) in [7, 11) is 0. The van der Waals surface area contributed by atoms with Crippen LogP contribution in [-0.4, -0.2) is 20.7 Å². The Morgan fingerprint density at radius 2 is 2.16 bits per heavy atom. The molecule has 0 fully saturated rings. The van der Waals surface area contributed by atoms with Crippen molar-refractivity contribution in [3.63, 3.8) is 0 Å². The lowest BCUT2D eigenvalue weighted by Gasteiger charge is -2.15. The van der Waals surface area contributed by atoms with E-state index < -0.39 is 0 Å². The van der Waals surface area contributed by atoms with Gasteiger partial charge >= 0.3 is 0 Å². The average molecular weight is 355 g/mol. The highest BCUT2D eigenvalue weighted by Gasteiger charge is 2.18. The molecular formula is C19H21N3O2S. The molecule has 1 amide bonds. The second-order valence-electron chi connectivity index (χ2n) is 5.86. The highest BCUT2D eigenvalue weighted by molar-refractivity contribution is 8.00. The number of hydrogen-bond donors (Lipinski definition) is 1. The molecule has 6 heteroatoms. The van der Waals surface area contributed by atoms with E-state index in [1.807, 2.05) is 29.8 Å². The fraction of sp³-hybridized carbons (Fsp3) is 0.263. The molecule has 0 radical (unpaired) electrons. The third kappa shape index (κ3) is 3.96. The van der Waals surface area contributed by atoms with E-state index in [2.05, 4.69) is 36.3 Å². The molecular weight excluding hydrogens is 334 g/mol.